The normalized spacial score (nSPS) is 14.7. The number of fused-ring (bicyclic) bond motifs is 1. The molecule has 26 heavy (non-hydrogen) atoms. The Kier molecular flexibility index (Phi) is 4.55. The second-order valence-electron chi connectivity index (χ2n) is 5.78. The Bertz CT molecular complexity index is 979. The molecule has 2 heterocycles. The van der Waals surface area contributed by atoms with Crippen LogP contribution in [0, 0.1) is 0 Å². The molecule has 0 radical (unpaired) electrons. The molecule has 1 aromatic heterocycles. The molecule has 1 saturated heterocycles. The summed E-state index contributed by atoms with van der Waals surface area (Å²) in [7, 11) is 1.57. The molecule has 4 rings (SSSR count). The second-order valence-corrected chi connectivity index (χ2v) is 5.78. The van der Waals surface area contributed by atoms with Crippen LogP contribution in [-0.2, 0) is 9.47 Å². The Balaban J connectivity index is 1.68. The molecule has 7 heteroatoms. The third-order valence-electron chi connectivity index (χ3n) is 4.12. The zero-order valence-corrected chi connectivity index (χ0v) is 14.2. The van der Waals surface area contributed by atoms with Crippen molar-refractivity contribution in [3.05, 3.63) is 52.8 Å². The smallest absolute Gasteiger partial charge is 0.259 e. The molecule has 7 nitrogen and oxygen atoms in total. The van der Waals surface area contributed by atoms with E-state index in [0.29, 0.717) is 41.4 Å². The quantitative estimate of drug-likeness (QED) is 0.757. The van der Waals surface area contributed by atoms with Crippen LogP contribution in [0.15, 0.2) is 47.3 Å². The summed E-state index contributed by atoms with van der Waals surface area (Å²) in [6.45, 7) is 1.38. The first kappa shape index (κ1) is 16.6. The van der Waals surface area contributed by atoms with Crippen LogP contribution in [0.25, 0.3) is 22.3 Å². The number of ether oxygens (including phenoxy) is 4. The van der Waals surface area contributed by atoms with Crippen molar-refractivity contribution in [1.82, 2.24) is 9.97 Å². The van der Waals surface area contributed by atoms with Gasteiger partial charge in [0.15, 0.2) is 17.8 Å². The lowest BCUT2D eigenvalue weighted by molar-refractivity contribution is -0.0687. The summed E-state index contributed by atoms with van der Waals surface area (Å²) in [6, 6.07) is 12.6. The number of rotatable bonds is 5. The van der Waals surface area contributed by atoms with E-state index < -0.39 is 0 Å². The summed E-state index contributed by atoms with van der Waals surface area (Å²) in [5, 5.41) is 0.553. The molecule has 2 aromatic carbocycles. The number of aromatic nitrogens is 2. The van der Waals surface area contributed by atoms with Gasteiger partial charge in [0.05, 0.1) is 31.2 Å². The van der Waals surface area contributed by atoms with Crippen LogP contribution in [0.3, 0.4) is 0 Å². The molecule has 134 valence electrons. The van der Waals surface area contributed by atoms with E-state index in [2.05, 4.69) is 9.97 Å². The van der Waals surface area contributed by atoms with Gasteiger partial charge in [-0.2, -0.15) is 0 Å². The number of benzene rings is 2. The first-order chi connectivity index (χ1) is 12.7. The number of H-pyrrole nitrogens is 1. The van der Waals surface area contributed by atoms with Crippen molar-refractivity contribution in [3.63, 3.8) is 0 Å². The van der Waals surface area contributed by atoms with Gasteiger partial charge in [-0.15, -0.1) is 0 Å². The highest BCUT2D eigenvalue weighted by Gasteiger charge is 2.18. The fourth-order valence-corrected chi connectivity index (χ4v) is 2.82. The summed E-state index contributed by atoms with van der Waals surface area (Å²) in [6.07, 6.45) is -0.387. The number of para-hydroxylation sites is 1. The molecule has 0 bridgehead atoms. The molecular formula is C19H18N2O5. The molecule has 0 saturated carbocycles. The standard InChI is InChI=1S/C19H18N2O5/c1-23-15-7-6-12(10-16(15)26-11-17-24-8-9-25-17)18-20-14-5-3-2-4-13(14)19(22)21-18/h2-7,10,17H,8-9,11H2,1H3,(H,20,21,22). The number of nitrogens with zero attached hydrogens (tertiary/aromatic N) is 1. The van der Waals surface area contributed by atoms with Crippen LogP contribution < -0.4 is 15.0 Å². The van der Waals surface area contributed by atoms with Gasteiger partial charge in [0.1, 0.15) is 12.4 Å². The number of nitrogens with one attached hydrogen (secondary N) is 1. The van der Waals surface area contributed by atoms with Crippen LogP contribution in [0.2, 0.25) is 0 Å². The minimum Gasteiger partial charge on any atom is -0.493 e. The average molecular weight is 354 g/mol. The van der Waals surface area contributed by atoms with Gasteiger partial charge in [-0.1, -0.05) is 12.1 Å². The summed E-state index contributed by atoms with van der Waals surface area (Å²) >= 11 is 0. The Labute approximate surface area is 149 Å². The zero-order chi connectivity index (χ0) is 17.9. The average Bonchev–Trinajstić information content (AvgIpc) is 3.20. The van der Waals surface area contributed by atoms with Crippen LogP contribution in [-0.4, -0.2) is 43.2 Å². The maximum absolute atomic E-state index is 12.3. The highest BCUT2D eigenvalue weighted by atomic mass is 16.7. The maximum atomic E-state index is 12.3. The van der Waals surface area contributed by atoms with E-state index in [1.54, 1.807) is 25.3 Å². The van der Waals surface area contributed by atoms with Crippen molar-refractivity contribution >= 4 is 10.9 Å². The highest BCUT2D eigenvalue weighted by Crippen LogP contribution is 2.31. The molecule has 1 aliphatic rings. The Morgan fingerprint density at radius 3 is 2.77 bits per heavy atom. The predicted octanol–water partition coefficient (Wildman–Crippen LogP) is 2.35. The largest absolute Gasteiger partial charge is 0.493 e. The van der Waals surface area contributed by atoms with E-state index in [1.807, 2.05) is 24.3 Å². The van der Waals surface area contributed by atoms with Crippen molar-refractivity contribution in [2.45, 2.75) is 6.29 Å². The first-order valence-corrected chi connectivity index (χ1v) is 8.28. The van der Waals surface area contributed by atoms with Gasteiger partial charge in [0.25, 0.3) is 5.56 Å². The molecule has 0 aliphatic carbocycles. The molecule has 0 amide bonds. The van der Waals surface area contributed by atoms with Crippen LogP contribution in [0.1, 0.15) is 0 Å². The van der Waals surface area contributed by atoms with Crippen molar-refractivity contribution in [3.8, 4) is 22.9 Å². The van der Waals surface area contributed by atoms with Gasteiger partial charge in [-0.3, -0.25) is 4.79 Å². The SMILES string of the molecule is COc1ccc(-c2nc3ccccc3c(=O)[nH]2)cc1OCC1OCCO1. The van der Waals surface area contributed by atoms with Crippen LogP contribution in [0.5, 0.6) is 11.5 Å². The van der Waals surface area contributed by atoms with Gasteiger partial charge >= 0.3 is 0 Å². The van der Waals surface area contributed by atoms with E-state index in [9.17, 15) is 4.79 Å². The van der Waals surface area contributed by atoms with E-state index in [1.165, 1.54) is 0 Å². The third kappa shape index (κ3) is 3.26. The summed E-state index contributed by atoms with van der Waals surface area (Å²) in [4.78, 5) is 19.7. The molecular weight excluding hydrogens is 336 g/mol. The van der Waals surface area contributed by atoms with Crippen molar-refractivity contribution in [2.24, 2.45) is 0 Å². The van der Waals surface area contributed by atoms with Gasteiger partial charge < -0.3 is 23.9 Å². The Morgan fingerprint density at radius 2 is 1.96 bits per heavy atom. The lowest BCUT2D eigenvalue weighted by Gasteiger charge is -2.14. The predicted molar refractivity (Wildman–Crippen MR) is 95.5 cm³/mol. The van der Waals surface area contributed by atoms with E-state index in [0.717, 1.165) is 5.56 Å². The lowest BCUT2D eigenvalue weighted by Crippen LogP contribution is -2.18. The molecule has 0 atom stereocenters. The summed E-state index contributed by atoms with van der Waals surface area (Å²) in [5.41, 5.74) is 1.17. The van der Waals surface area contributed by atoms with Gasteiger partial charge in [0.2, 0.25) is 0 Å². The monoisotopic (exact) mass is 354 g/mol. The van der Waals surface area contributed by atoms with Crippen LogP contribution >= 0.6 is 0 Å². The number of methoxy groups -OCH3 is 1. The zero-order valence-electron chi connectivity index (χ0n) is 14.2. The second kappa shape index (κ2) is 7.15. The maximum Gasteiger partial charge on any atom is 0.259 e. The molecule has 1 N–H and O–H groups in total. The molecule has 0 spiro atoms. The van der Waals surface area contributed by atoms with E-state index in [-0.39, 0.29) is 18.5 Å². The Morgan fingerprint density at radius 1 is 1.15 bits per heavy atom. The van der Waals surface area contributed by atoms with Gasteiger partial charge in [-0.25, -0.2) is 4.98 Å². The highest BCUT2D eigenvalue weighted by molar-refractivity contribution is 5.79. The molecule has 3 aromatic rings. The minimum absolute atomic E-state index is 0.184. The third-order valence-corrected chi connectivity index (χ3v) is 4.12. The van der Waals surface area contributed by atoms with Crippen LogP contribution in [0.4, 0.5) is 0 Å². The number of hydrogen-bond donors (Lipinski definition) is 1. The van der Waals surface area contributed by atoms with Crippen molar-refractivity contribution in [2.75, 3.05) is 26.9 Å². The number of aromatic amines is 1. The van der Waals surface area contributed by atoms with Gasteiger partial charge in [0, 0.05) is 5.56 Å². The molecule has 1 aliphatic heterocycles. The molecule has 1 fully saturated rings. The van der Waals surface area contributed by atoms with E-state index in [4.69, 9.17) is 18.9 Å². The first-order valence-electron chi connectivity index (χ1n) is 8.28. The minimum atomic E-state index is -0.387. The Hall–Kier alpha value is -2.90. The fraction of sp³-hybridized carbons (Fsp3) is 0.263. The topological polar surface area (TPSA) is 82.7 Å². The number of hydrogen-bond acceptors (Lipinski definition) is 6. The van der Waals surface area contributed by atoms with Crippen molar-refractivity contribution < 1.29 is 18.9 Å². The lowest BCUT2D eigenvalue weighted by atomic mass is 10.1. The van der Waals surface area contributed by atoms with Gasteiger partial charge in [-0.05, 0) is 30.3 Å². The van der Waals surface area contributed by atoms with E-state index >= 15 is 0 Å². The van der Waals surface area contributed by atoms with Crippen molar-refractivity contribution in [1.29, 1.82) is 0 Å². The summed E-state index contributed by atoms with van der Waals surface area (Å²) in [5.74, 6) is 1.57. The molecule has 0 unspecified atom stereocenters. The fourth-order valence-electron chi connectivity index (χ4n) is 2.82. The summed E-state index contributed by atoms with van der Waals surface area (Å²) < 4.78 is 21.9.